The number of benzene rings is 1. The number of nitrogens with one attached hydrogen (secondary N) is 2. The van der Waals surface area contributed by atoms with Gasteiger partial charge in [-0.2, -0.15) is 0 Å². The molecule has 2 N–H and O–H groups in total. The molecule has 0 spiro atoms. The minimum absolute atomic E-state index is 0.0497. The van der Waals surface area contributed by atoms with Crippen LogP contribution in [0.2, 0.25) is 0 Å². The summed E-state index contributed by atoms with van der Waals surface area (Å²) in [6.07, 6.45) is 4.77. The van der Waals surface area contributed by atoms with Crippen LogP contribution in [-0.4, -0.2) is 54.8 Å². The van der Waals surface area contributed by atoms with Crippen LogP contribution in [0.15, 0.2) is 12.1 Å². The van der Waals surface area contributed by atoms with E-state index in [1.165, 1.54) is 4.90 Å². The number of hydrogen-bond donors (Lipinski definition) is 2. The van der Waals surface area contributed by atoms with Crippen molar-refractivity contribution in [3.8, 4) is 0 Å². The molecule has 1 aromatic carbocycles. The summed E-state index contributed by atoms with van der Waals surface area (Å²) in [5.41, 5.74) is 1.12. The number of likely N-dealkylation sites (N-methyl/N-ethyl adjacent to an activating group) is 2. The summed E-state index contributed by atoms with van der Waals surface area (Å²) < 4.78 is 15.5. The summed E-state index contributed by atoms with van der Waals surface area (Å²) in [6, 6.07) is 3.07. The summed E-state index contributed by atoms with van der Waals surface area (Å²) in [5, 5.41) is 5.61. The number of amides is 3. The monoisotopic (exact) mass is 402 g/mol. The number of rotatable bonds is 4. The highest BCUT2D eigenvalue weighted by Gasteiger charge is 2.41. The van der Waals surface area contributed by atoms with Crippen LogP contribution < -0.4 is 15.5 Å². The van der Waals surface area contributed by atoms with Gasteiger partial charge in [-0.1, -0.05) is 12.8 Å². The summed E-state index contributed by atoms with van der Waals surface area (Å²) in [6.45, 7) is 0.0497. The van der Waals surface area contributed by atoms with E-state index in [2.05, 4.69) is 10.6 Å². The highest BCUT2D eigenvalue weighted by molar-refractivity contribution is 6.05. The van der Waals surface area contributed by atoms with Crippen molar-refractivity contribution in [3.05, 3.63) is 29.1 Å². The Bertz CT molecular complexity index is 859. The van der Waals surface area contributed by atoms with Gasteiger partial charge in [-0.3, -0.25) is 19.7 Å². The van der Waals surface area contributed by atoms with Gasteiger partial charge in [0, 0.05) is 36.7 Å². The molecule has 1 aromatic rings. The molecule has 3 amide bonds. The summed E-state index contributed by atoms with van der Waals surface area (Å²) in [7, 11) is 3.84. The maximum atomic E-state index is 15.5. The van der Waals surface area contributed by atoms with Gasteiger partial charge in [-0.15, -0.1) is 0 Å². The molecule has 0 radical (unpaired) electrons. The Morgan fingerprint density at radius 2 is 1.93 bits per heavy atom. The van der Waals surface area contributed by atoms with E-state index < -0.39 is 17.8 Å². The van der Waals surface area contributed by atoms with Crippen molar-refractivity contribution in [1.29, 1.82) is 0 Å². The van der Waals surface area contributed by atoms with Gasteiger partial charge in [0.25, 0.3) is 5.91 Å². The van der Waals surface area contributed by atoms with Crippen LogP contribution in [0.3, 0.4) is 0 Å². The lowest BCUT2D eigenvalue weighted by Gasteiger charge is -2.39. The molecule has 1 saturated carbocycles. The first-order valence-corrected chi connectivity index (χ1v) is 10.3. The van der Waals surface area contributed by atoms with Crippen LogP contribution in [0.4, 0.5) is 10.1 Å². The smallest absolute Gasteiger partial charge is 0.255 e. The Morgan fingerprint density at radius 3 is 2.66 bits per heavy atom. The number of hydrogen-bond acceptors (Lipinski definition) is 5. The third kappa shape index (κ3) is 3.39. The van der Waals surface area contributed by atoms with E-state index in [1.54, 1.807) is 12.1 Å². The highest BCUT2D eigenvalue weighted by atomic mass is 19.1. The van der Waals surface area contributed by atoms with E-state index in [9.17, 15) is 14.4 Å². The van der Waals surface area contributed by atoms with Crippen LogP contribution in [0, 0.1) is 5.82 Å². The van der Waals surface area contributed by atoms with E-state index >= 15 is 4.39 Å². The zero-order valence-corrected chi connectivity index (χ0v) is 16.8. The molecule has 4 rings (SSSR count). The number of nitrogens with zero attached hydrogens (tertiary/aromatic N) is 2. The van der Waals surface area contributed by atoms with Crippen LogP contribution in [0.25, 0.3) is 0 Å². The molecule has 2 unspecified atom stereocenters. The van der Waals surface area contributed by atoms with Crippen LogP contribution in [0.1, 0.15) is 54.4 Å². The molecule has 1 aliphatic carbocycles. The van der Waals surface area contributed by atoms with Gasteiger partial charge in [0.05, 0.1) is 12.2 Å². The Hall–Kier alpha value is -2.48. The third-order valence-corrected chi connectivity index (χ3v) is 6.61. The zero-order chi connectivity index (χ0) is 20.7. The second kappa shape index (κ2) is 7.74. The van der Waals surface area contributed by atoms with E-state index in [-0.39, 0.29) is 37.2 Å². The Kier molecular flexibility index (Phi) is 5.29. The van der Waals surface area contributed by atoms with E-state index in [1.807, 2.05) is 19.0 Å². The van der Waals surface area contributed by atoms with Crippen molar-refractivity contribution in [2.45, 2.75) is 63.2 Å². The predicted molar refractivity (Wildman–Crippen MR) is 106 cm³/mol. The van der Waals surface area contributed by atoms with Crippen molar-refractivity contribution < 1.29 is 18.8 Å². The molecule has 1 saturated heterocycles. The second-order valence-corrected chi connectivity index (χ2v) is 8.18. The average Bonchev–Trinajstić information content (AvgIpc) is 3.05. The average molecular weight is 402 g/mol. The molecule has 2 heterocycles. The summed E-state index contributed by atoms with van der Waals surface area (Å²) in [4.78, 5) is 39.8. The second-order valence-electron chi connectivity index (χ2n) is 8.18. The number of halogens is 1. The fourth-order valence-corrected chi connectivity index (χ4v) is 4.95. The molecule has 2 aliphatic heterocycles. The van der Waals surface area contributed by atoms with E-state index in [4.69, 9.17) is 0 Å². The maximum Gasteiger partial charge on any atom is 0.255 e. The number of carbonyl (C=O) groups is 3. The third-order valence-electron chi connectivity index (χ3n) is 6.61. The van der Waals surface area contributed by atoms with Crippen molar-refractivity contribution in [2.24, 2.45) is 0 Å². The first-order chi connectivity index (χ1) is 13.9. The summed E-state index contributed by atoms with van der Waals surface area (Å²) in [5.74, 6) is -1.57. The topological polar surface area (TPSA) is 81.8 Å². The number of imide groups is 1. The van der Waals surface area contributed by atoms with Crippen molar-refractivity contribution in [3.63, 3.8) is 0 Å². The molecule has 156 valence electrons. The van der Waals surface area contributed by atoms with Gasteiger partial charge in [0.1, 0.15) is 6.04 Å². The summed E-state index contributed by atoms with van der Waals surface area (Å²) >= 11 is 0. The van der Waals surface area contributed by atoms with Gasteiger partial charge in [-0.25, -0.2) is 4.39 Å². The van der Waals surface area contributed by atoms with Crippen molar-refractivity contribution in [2.75, 3.05) is 19.0 Å². The molecule has 3 atom stereocenters. The molecule has 2 fully saturated rings. The van der Waals surface area contributed by atoms with Gasteiger partial charge in [-0.05, 0) is 38.4 Å². The van der Waals surface area contributed by atoms with Crippen molar-refractivity contribution >= 4 is 23.4 Å². The van der Waals surface area contributed by atoms with Gasteiger partial charge >= 0.3 is 0 Å². The maximum absolute atomic E-state index is 15.5. The van der Waals surface area contributed by atoms with Gasteiger partial charge < -0.3 is 15.1 Å². The zero-order valence-electron chi connectivity index (χ0n) is 16.8. The first kappa shape index (κ1) is 19.8. The molecule has 7 nitrogen and oxygen atoms in total. The molecule has 3 aliphatic rings. The number of carbonyl (C=O) groups excluding carboxylic acids is 3. The lowest BCUT2D eigenvalue weighted by molar-refractivity contribution is -0.136. The van der Waals surface area contributed by atoms with Crippen LogP contribution in [-0.2, 0) is 16.1 Å². The minimum atomic E-state index is -0.736. The Balaban J connectivity index is 1.60. The van der Waals surface area contributed by atoms with Gasteiger partial charge in [0.15, 0.2) is 5.82 Å². The molecule has 29 heavy (non-hydrogen) atoms. The van der Waals surface area contributed by atoms with E-state index in [0.29, 0.717) is 22.9 Å². The molecular formula is C21H27FN4O3. The lowest BCUT2D eigenvalue weighted by Crippen LogP contribution is -2.52. The fraction of sp³-hybridized carbons (Fsp3) is 0.571. The molecule has 0 bridgehead atoms. The van der Waals surface area contributed by atoms with Gasteiger partial charge in [0.2, 0.25) is 11.8 Å². The first-order valence-electron chi connectivity index (χ1n) is 10.3. The van der Waals surface area contributed by atoms with E-state index in [0.717, 1.165) is 25.7 Å². The quantitative estimate of drug-likeness (QED) is 0.747. The van der Waals surface area contributed by atoms with Crippen molar-refractivity contribution in [1.82, 2.24) is 15.5 Å². The minimum Gasteiger partial charge on any atom is -0.368 e. The highest BCUT2D eigenvalue weighted by Crippen LogP contribution is 2.35. The normalized spacial score (nSPS) is 27.1. The SMILES string of the molecule is CNC1CCCC[C@H]1N(C)c1ccc2c(c1F)CN(C1CCC(=O)NC1=O)C2=O. The molecular weight excluding hydrogens is 375 g/mol. The number of piperidine rings is 1. The van der Waals surface area contributed by atoms with Crippen LogP contribution >= 0.6 is 0 Å². The fourth-order valence-electron chi connectivity index (χ4n) is 4.95. The Labute approximate surface area is 169 Å². The Morgan fingerprint density at radius 1 is 1.17 bits per heavy atom. The number of anilines is 1. The standard InChI is InChI=1S/C21H27FN4O3/c1-23-14-5-3-4-6-15(14)25(2)16-8-7-12-13(19(16)22)11-26(21(12)29)17-9-10-18(27)24-20(17)28/h7-8,14-15,17,23H,3-6,9-11H2,1-2H3,(H,24,27,28)/t14?,15-,17?/m1/s1. The lowest BCUT2D eigenvalue weighted by atomic mass is 9.89. The largest absolute Gasteiger partial charge is 0.368 e. The molecule has 8 heteroatoms. The predicted octanol–water partition coefficient (Wildman–Crippen LogP) is 1.55. The van der Waals surface area contributed by atoms with Crippen LogP contribution in [0.5, 0.6) is 0 Å². The molecule has 0 aromatic heterocycles. The number of fused-ring (bicyclic) bond motifs is 1.